The summed E-state index contributed by atoms with van der Waals surface area (Å²) >= 11 is 0. The Morgan fingerprint density at radius 3 is 2.53 bits per heavy atom. The quantitative estimate of drug-likeness (QED) is 0.416. The molecule has 0 radical (unpaired) electrons. The normalized spacial score (nSPS) is 26.8. The van der Waals surface area contributed by atoms with Crippen LogP contribution in [0.15, 0.2) is 85.3 Å². The predicted molar refractivity (Wildman–Crippen MR) is 136 cm³/mol. The van der Waals surface area contributed by atoms with Crippen molar-refractivity contribution in [1.29, 1.82) is 0 Å². The van der Waals surface area contributed by atoms with E-state index in [-0.39, 0.29) is 29.9 Å². The van der Waals surface area contributed by atoms with Crippen molar-refractivity contribution in [2.45, 2.75) is 57.8 Å². The van der Waals surface area contributed by atoms with E-state index in [1.807, 2.05) is 31.2 Å². The zero-order chi connectivity index (χ0) is 26.0. The average Bonchev–Trinajstić information content (AvgIpc) is 3.18. The van der Waals surface area contributed by atoms with Gasteiger partial charge in [-0.3, -0.25) is 0 Å². The zero-order valence-electron chi connectivity index (χ0n) is 20.7. The van der Waals surface area contributed by atoms with Gasteiger partial charge in [0.1, 0.15) is 17.5 Å². The van der Waals surface area contributed by atoms with Crippen molar-refractivity contribution in [3.8, 4) is 0 Å². The van der Waals surface area contributed by atoms with Crippen LogP contribution in [0.1, 0.15) is 62.5 Å². The van der Waals surface area contributed by atoms with Crippen LogP contribution in [0, 0.1) is 11.8 Å². The molecule has 1 aromatic carbocycles. The lowest BCUT2D eigenvalue weighted by Crippen LogP contribution is -2.38. The maximum Gasteiger partial charge on any atom is 0.520 e. The molecule has 0 aliphatic heterocycles. The summed E-state index contributed by atoms with van der Waals surface area (Å²) in [7, 11) is 0. The van der Waals surface area contributed by atoms with Crippen LogP contribution in [0.25, 0.3) is 0 Å². The Labute approximate surface area is 210 Å². The van der Waals surface area contributed by atoms with E-state index in [0.29, 0.717) is 28.3 Å². The van der Waals surface area contributed by atoms with Gasteiger partial charge in [-0.1, -0.05) is 43.0 Å². The Morgan fingerprint density at radius 2 is 1.92 bits per heavy atom. The topological polar surface area (TPSA) is 145 Å². The van der Waals surface area contributed by atoms with Crippen LogP contribution in [0.5, 0.6) is 0 Å². The maximum atomic E-state index is 11.8. The van der Waals surface area contributed by atoms with Crippen LogP contribution >= 0.6 is 0 Å². The maximum absolute atomic E-state index is 11.8. The Balaban J connectivity index is 1.66. The van der Waals surface area contributed by atoms with Crippen molar-refractivity contribution in [2.24, 2.45) is 17.6 Å². The van der Waals surface area contributed by atoms with Crippen LogP contribution in [0.3, 0.4) is 0 Å². The first-order valence-corrected chi connectivity index (χ1v) is 12.2. The molecule has 1 fully saturated rings. The van der Waals surface area contributed by atoms with Crippen molar-refractivity contribution in [1.82, 2.24) is 0 Å². The molecule has 1 aromatic heterocycles. The molecule has 2 aliphatic rings. The number of ether oxygens (including phenoxy) is 1. The lowest BCUT2D eigenvalue weighted by molar-refractivity contribution is 0.0228. The van der Waals surface area contributed by atoms with E-state index in [1.54, 1.807) is 19.1 Å². The highest BCUT2D eigenvalue weighted by Gasteiger charge is 2.45. The molecule has 1 heterocycles. The van der Waals surface area contributed by atoms with Gasteiger partial charge in [-0.25, -0.2) is 4.79 Å². The first-order chi connectivity index (χ1) is 17.1. The van der Waals surface area contributed by atoms with Crippen molar-refractivity contribution in [2.75, 3.05) is 5.73 Å². The number of allylic oxidation sites excluding steroid dienone is 4. The van der Waals surface area contributed by atoms with Crippen LogP contribution in [0.4, 0.5) is 5.88 Å². The van der Waals surface area contributed by atoms with Crippen molar-refractivity contribution in [3.63, 3.8) is 0 Å². The van der Waals surface area contributed by atoms with E-state index in [4.69, 9.17) is 25.0 Å². The summed E-state index contributed by atoms with van der Waals surface area (Å²) < 4.78 is 15.7. The van der Waals surface area contributed by atoms with Gasteiger partial charge < -0.3 is 35.3 Å². The molecule has 0 spiro atoms. The van der Waals surface area contributed by atoms with E-state index in [0.717, 1.165) is 25.7 Å². The molecular formula is C28H34N2O6. The molecule has 0 amide bonds. The fourth-order valence-corrected chi connectivity index (χ4v) is 5.56. The summed E-state index contributed by atoms with van der Waals surface area (Å²) in [6.45, 7) is 7.27. The standard InChI is InChI=1S/C28H34N2O6/c1-4-17(10-9-16(2)29)18-11-13-19(14-12-18)23-25(34-15-22-26(30)36-27(32)35-22)24(31)20-7-5-6-8-21(20)28(23,3)33/h4-10,18-19,24,31,33H,2,11-15,29-30H2,1,3H3/b10-9-,17-4+/t18?,19?,24-,28-/m1/s1. The number of benzene rings is 1. The minimum absolute atomic E-state index is 0.0190. The van der Waals surface area contributed by atoms with Gasteiger partial charge in [0.15, 0.2) is 6.61 Å². The molecule has 4 rings (SSSR count). The molecule has 6 N–H and O–H groups in total. The number of nitrogens with two attached hydrogens (primary N) is 2. The molecule has 36 heavy (non-hydrogen) atoms. The number of anilines is 1. The number of hydrogen-bond acceptors (Lipinski definition) is 8. The smallest absolute Gasteiger partial charge is 0.487 e. The number of aliphatic hydroxyl groups is 2. The van der Waals surface area contributed by atoms with E-state index in [1.165, 1.54) is 5.57 Å². The summed E-state index contributed by atoms with van der Waals surface area (Å²) in [5, 5.41) is 23.2. The third-order valence-electron chi connectivity index (χ3n) is 7.28. The van der Waals surface area contributed by atoms with E-state index in [2.05, 4.69) is 12.7 Å². The Morgan fingerprint density at radius 1 is 1.22 bits per heavy atom. The van der Waals surface area contributed by atoms with Crippen LogP contribution < -0.4 is 17.3 Å². The predicted octanol–water partition coefficient (Wildman–Crippen LogP) is 4.32. The Kier molecular flexibility index (Phi) is 7.28. The van der Waals surface area contributed by atoms with Gasteiger partial charge >= 0.3 is 5.82 Å². The molecule has 0 bridgehead atoms. The molecule has 2 atom stereocenters. The van der Waals surface area contributed by atoms with Crippen LogP contribution in [-0.4, -0.2) is 10.2 Å². The summed E-state index contributed by atoms with van der Waals surface area (Å²) in [5.74, 6) is -0.463. The number of hydrogen-bond donors (Lipinski definition) is 4. The average molecular weight is 495 g/mol. The van der Waals surface area contributed by atoms with Gasteiger partial charge in [-0.05, 0) is 74.1 Å². The van der Waals surface area contributed by atoms with Gasteiger partial charge in [-0.2, -0.15) is 0 Å². The molecule has 8 nitrogen and oxygen atoms in total. The Hall–Kier alpha value is -3.49. The van der Waals surface area contributed by atoms with Gasteiger partial charge in [0.2, 0.25) is 11.6 Å². The summed E-state index contributed by atoms with van der Waals surface area (Å²) in [6.07, 6.45) is 8.25. The minimum Gasteiger partial charge on any atom is -0.487 e. The van der Waals surface area contributed by atoms with Gasteiger partial charge in [0, 0.05) is 11.3 Å². The highest BCUT2D eigenvalue weighted by molar-refractivity contribution is 5.48. The number of fused-ring (bicyclic) bond motifs is 1. The van der Waals surface area contributed by atoms with Crippen LogP contribution in [0.2, 0.25) is 0 Å². The van der Waals surface area contributed by atoms with Crippen LogP contribution in [-0.2, 0) is 16.9 Å². The molecule has 0 saturated heterocycles. The summed E-state index contributed by atoms with van der Waals surface area (Å²) in [4.78, 5) is 11.4. The molecular weight excluding hydrogens is 460 g/mol. The molecule has 192 valence electrons. The Bertz CT molecular complexity index is 1270. The third kappa shape index (κ3) is 4.92. The third-order valence-corrected chi connectivity index (χ3v) is 7.28. The molecule has 1 saturated carbocycles. The lowest BCUT2D eigenvalue weighted by Gasteiger charge is -2.43. The lowest BCUT2D eigenvalue weighted by atomic mass is 9.67. The second-order valence-electron chi connectivity index (χ2n) is 9.62. The SMILES string of the molecule is C=C(N)/C=C\C(=C/C)C1CCC(C2=C(OCc3oc(=O)oc3N)[C@H](O)c3ccccc3[C@@]2(C)O)CC1. The second-order valence-corrected chi connectivity index (χ2v) is 9.62. The van der Waals surface area contributed by atoms with Crippen molar-refractivity contribution >= 4 is 5.88 Å². The van der Waals surface area contributed by atoms with E-state index < -0.39 is 17.5 Å². The monoisotopic (exact) mass is 494 g/mol. The fourth-order valence-electron chi connectivity index (χ4n) is 5.56. The molecule has 0 unspecified atom stereocenters. The molecule has 2 aliphatic carbocycles. The molecule has 2 aromatic rings. The minimum atomic E-state index is -1.36. The highest BCUT2D eigenvalue weighted by Crippen LogP contribution is 2.51. The fraction of sp³-hybridized carbons (Fsp3) is 0.393. The highest BCUT2D eigenvalue weighted by atomic mass is 16.6. The van der Waals surface area contributed by atoms with E-state index >= 15 is 0 Å². The first kappa shape index (κ1) is 25.6. The number of aliphatic hydroxyl groups excluding tert-OH is 1. The zero-order valence-corrected chi connectivity index (χ0v) is 20.7. The largest absolute Gasteiger partial charge is 0.520 e. The second kappa shape index (κ2) is 10.2. The van der Waals surface area contributed by atoms with Gasteiger partial charge in [0.05, 0.1) is 0 Å². The van der Waals surface area contributed by atoms with Crippen molar-refractivity contribution < 1.29 is 23.8 Å². The number of rotatable bonds is 7. The number of nitrogen functional groups attached to an aromatic ring is 1. The van der Waals surface area contributed by atoms with Gasteiger partial charge in [-0.15, -0.1) is 0 Å². The van der Waals surface area contributed by atoms with E-state index in [9.17, 15) is 15.0 Å². The summed E-state index contributed by atoms with van der Waals surface area (Å²) in [5.41, 5.74) is 13.6. The summed E-state index contributed by atoms with van der Waals surface area (Å²) in [6, 6.07) is 7.25. The van der Waals surface area contributed by atoms with Crippen molar-refractivity contribution in [3.05, 3.63) is 99.2 Å². The van der Waals surface area contributed by atoms with Gasteiger partial charge in [0.25, 0.3) is 0 Å². The molecule has 8 heteroatoms. The first-order valence-electron chi connectivity index (χ1n) is 12.2.